The monoisotopic (exact) mass is 377 g/mol. The summed E-state index contributed by atoms with van der Waals surface area (Å²) in [5.41, 5.74) is -0.0497. The van der Waals surface area contributed by atoms with Gasteiger partial charge in [0.1, 0.15) is 11.4 Å². The molecule has 7 nitrogen and oxygen atoms in total. The Morgan fingerprint density at radius 3 is 2.25 bits per heavy atom. The Morgan fingerprint density at radius 2 is 1.61 bits per heavy atom. The third-order valence-electron chi connectivity index (χ3n) is 4.72. The molecule has 0 aliphatic heterocycles. The molecule has 4 rings (SSSR count). The highest BCUT2D eigenvalue weighted by atomic mass is 16.5. The number of fused-ring (bicyclic) bond motifs is 3. The fraction of sp³-hybridized carbons (Fsp3) is 0.190. The van der Waals surface area contributed by atoms with Crippen LogP contribution in [0.2, 0.25) is 0 Å². The number of Topliss-reactive ketones (excluding diaryl/α,β-unsaturated/α-hetero) is 1. The lowest BCUT2D eigenvalue weighted by Crippen LogP contribution is -2.27. The van der Waals surface area contributed by atoms with Crippen molar-refractivity contribution in [2.45, 2.75) is 13.8 Å². The molecule has 0 unspecified atom stereocenters. The van der Waals surface area contributed by atoms with Crippen molar-refractivity contribution in [3.63, 3.8) is 0 Å². The number of methoxy groups -OCH3 is 1. The van der Waals surface area contributed by atoms with Crippen LogP contribution in [-0.4, -0.2) is 26.5 Å². The maximum absolute atomic E-state index is 13.3. The van der Waals surface area contributed by atoms with Crippen LogP contribution in [0.4, 0.5) is 0 Å². The van der Waals surface area contributed by atoms with Crippen molar-refractivity contribution >= 4 is 16.7 Å². The average molecular weight is 377 g/mol. The Hall–Kier alpha value is -3.61. The van der Waals surface area contributed by atoms with Gasteiger partial charge in [0.05, 0.1) is 18.3 Å². The summed E-state index contributed by atoms with van der Waals surface area (Å²) in [5.74, 6) is -0.00625. The molecule has 0 atom stereocenters. The normalized spacial score (nSPS) is 11.4. The van der Waals surface area contributed by atoms with Gasteiger partial charge in [-0.1, -0.05) is 32.0 Å². The smallest absolute Gasteiger partial charge is 0.357 e. The number of carbonyl (C=O) groups is 1. The van der Waals surface area contributed by atoms with Crippen LogP contribution in [0.15, 0.2) is 64.2 Å². The van der Waals surface area contributed by atoms with Crippen molar-refractivity contribution in [3.8, 4) is 11.4 Å². The topological polar surface area (TPSA) is 74.2 Å². The van der Waals surface area contributed by atoms with E-state index in [-0.39, 0.29) is 17.4 Å². The molecule has 2 aromatic heterocycles. The zero-order valence-corrected chi connectivity index (χ0v) is 15.7. The van der Waals surface area contributed by atoms with Gasteiger partial charge in [0, 0.05) is 17.4 Å². The summed E-state index contributed by atoms with van der Waals surface area (Å²) in [6.07, 6.45) is 0. The maximum atomic E-state index is 13.3. The predicted molar refractivity (Wildman–Crippen MR) is 106 cm³/mol. The van der Waals surface area contributed by atoms with Crippen LogP contribution in [0.1, 0.15) is 24.3 Å². The molecule has 0 radical (unpaired) electrons. The second-order valence-electron chi connectivity index (χ2n) is 6.83. The minimum absolute atomic E-state index is 0.171. The van der Waals surface area contributed by atoms with E-state index >= 15 is 0 Å². The van der Waals surface area contributed by atoms with Crippen LogP contribution in [0.3, 0.4) is 0 Å². The predicted octanol–water partition coefficient (Wildman–Crippen LogP) is 2.55. The standard InChI is InChI=1S/C21H19N3O4/c1-13(2)19(25)18-11-14-9-10-16(28-3)12-17(14)23-20(26)22(21(27)24(18)23)15-7-5-4-6-8-15/h4-13H,1-3H3. The molecule has 0 amide bonds. The zero-order chi connectivity index (χ0) is 20.0. The Bertz CT molecular complexity index is 1330. The fourth-order valence-corrected chi connectivity index (χ4v) is 3.30. The summed E-state index contributed by atoms with van der Waals surface area (Å²) in [6, 6.07) is 15.5. The van der Waals surface area contributed by atoms with E-state index in [1.54, 1.807) is 68.4 Å². The van der Waals surface area contributed by atoms with Gasteiger partial charge in [0.25, 0.3) is 0 Å². The number of nitrogens with zero attached hydrogens (tertiary/aromatic N) is 3. The molecule has 0 fully saturated rings. The summed E-state index contributed by atoms with van der Waals surface area (Å²) in [6.45, 7) is 3.52. The van der Waals surface area contributed by atoms with E-state index in [4.69, 9.17) is 4.74 Å². The van der Waals surface area contributed by atoms with E-state index in [1.807, 2.05) is 0 Å². The molecule has 0 aliphatic rings. The largest absolute Gasteiger partial charge is 0.497 e. The Kier molecular flexibility index (Phi) is 4.15. The Balaban J connectivity index is 2.24. The molecule has 0 spiro atoms. The number of ketones is 1. The van der Waals surface area contributed by atoms with E-state index in [2.05, 4.69) is 0 Å². The van der Waals surface area contributed by atoms with Gasteiger partial charge in [-0.25, -0.2) is 14.2 Å². The van der Waals surface area contributed by atoms with Crippen LogP contribution in [-0.2, 0) is 0 Å². The van der Waals surface area contributed by atoms with Crippen LogP contribution < -0.4 is 16.1 Å². The number of rotatable bonds is 4. The minimum Gasteiger partial charge on any atom is -0.497 e. The first-order valence-corrected chi connectivity index (χ1v) is 8.91. The first kappa shape index (κ1) is 17.8. The molecule has 4 aromatic rings. The Labute approximate surface area is 160 Å². The SMILES string of the molecule is COc1ccc2cc(C(=O)C(C)C)n3c(=O)n(-c4ccccc4)c(=O)n3c2c1. The van der Waals surface area contributed by atoms with Crippen LogP contribution in [0.5, 0.6) is 5.75 Å². The molecule has 2 aromatic carbocycles. The van der Waals surface area contributed by atoms with Crippen LogP contribution in [0.25, 0.3) is 16.6 Å². The number of benzene rings is 2. The lowest BCUT2D eigenvalue weighted by molar-refractivity contribution is 0.0930. The van der Waals surface area contributed by atoms with Gasteiger partial charge in [-0.15, -0.1) is 0 Å². The maximum Gasteiger partial charge on any atom is 0.357 e. The highest BCUT2D eigenvalue weighted by Gasteiger charge is 2.23. The number of aromatic nitrogens is 3. The molecule has 7 heteroatoms. The highest BCUT2D eigenvalue weighted by molar-refractivity contribution is 5.98. The second-order valence-corrected chi connectivity index (χ2v) is 6.83. The Morgan fingerprint density at radius 1 is 0.929 bits per heavy atom. The summed E-state index contributed by atoms with van der Waals surface area (Å²) in [4.78, 5) is 39.3. The average Bonchev–Trinajstić information content (AvgIpc) is 2.98. The van der Waals surface area contributed by atoms with E-state index < -0.39 is 11.4 Å². The molecule has 0 aliphatic carbocycles. The van der Waals surface area contributed by atoms with Crippen molar-refractivity contribution in [1.29, 1.82) is 0 Å². The summed E-state index contributed by atoms with van der Waals surface area (Å²) >= 11 is 0. The number of carbonyl (C=O) groups excluding carboxylic acids is 1. The van der Waals surface area contributed by atoms with Crippen molar-refractivity contribution in [1.82, 2.24) is 13.6 Å². The van der Waals surface area contributed by atoms with Gasteiger partial charge in [-0.3, -0.25) is 4.79 Å². The minimum atomic E-state index is -0.593. The number of hydrogen-bond acceptors (Lipinski definition) is 4. The van der Waals surface area contributed by atoms with Gasteiger partial charge in [-0.05, 0) is 30.3 Å². The molecule has 0 bridgehead atoms. The lowest BCUT2D eigenvalue weighted by atomic mass is 10.0. The molecule has 0 saturated carbocycles. The van der Waals surface area contributed by atoms with E-state index in [1.165, 1.54) is 11.6 Å². The highest BCUT2D eigenvalue weighted by Crippen LogP contribution is 2.22. The van der Waals surface area contributed by atoms with Gasteiger partial charge in [0.2, 0.25) is 0 Å². The summed E-state index contributed by atoms with van der Waals surface area (Å²) in [7, 11) is 1.53. The van der Waals surface area contributed by atoms with E-state index in [0.29, 0.717) is 22.3 Å². The molecule has 2 heterocycles. The van der Waals surface area contributed by atoms with Gasteiger partial charge >= 0.3 is 11.4 Å². The number of ether oxygens (including phenoxy) is 1. The molecular formula is C21H19N3O4. The van der Waals surface area contributed by atoms with Crippen molar-refractivity contribution in [2.24, 2.45) is 5.92 Å². The lowest BCUT2D eigenvalue weighted by Gasteiger charge is -2.11. The number of para-hydroxylation sites is 1. The molecular weight excluding hydrogens is 358 g/mol. The molecule has 142 valence electrons. The molecule has 0 N–H and O–H groups in total. The van der Waals surface area contributed by atoms with Crippen LogP contribution in [0, 0.1) is 5.92 Å². The summed E-state index contributed by atoms with van der Waals surface area (Å²) < 4.78 is 8.73. The molecule has 28 heavy (non-hydrogen) atoms. The third kappa shape index (κ3) is 2.55. The zero-order valence-electron chi connectivity index (χ0n) is 15.7. The summed E-state index contributed by atoms with van der Waals surface area (Å²) in [5, 5.41) is 0.664. The van der Waals surface area contributed by atoms with Gasteiger partial charge in [-0.2, -0.15) is 9.03 Å². The second kappa shape index (κ2) is 6.53. The van der Waals surface area contributed by atoms with Gasteiger partial charge in [0.15, 0.2) is 5.78 Å². The van der Waals surface area contributed by atoms with E-state index in [9.17, 15) is 14.4 Å². The first-order chi connectivity index (χ1) is 13.4. The quantitative estimate of drug-likeness (QED) is 0.512. The third-order valence-corrected chi connectivity index (χ3v) is 4.72. The van der Waals surface area contributed by atoms with Crippen LogP contribution >= 0.6 is 0 Å². The first-order valence-electron chi connectivity index (χ1n) is 8.91. The van der Waals surface area contributed by atoms with Crippen molar-refractivity contribution in [3.05, 3.63) is 81.3 Å². The number of hydrogen-bond donors (Lipinski definition) is 0. The van der Waals surface area contributed by atoms with Gasteiger partial charge < -0.3 is 4.74 Å². The van der Waals surface area contributed by atoms with E-state index in [0.717, 1.165) is 9.08 Å². The molecule has 0 saturated heterocycles. The fourth-order valence-electron chi connectivity index (χ4n) is 3.30. The van der Waals surface area contributed by atoms with Crippen molar-refractivity contribution < 1.29 is 9.53 Å². The van der Waals surface area contributed by atoms with Crippen molar-refractivity contribution in [2.75, 3.05) is 7.11 Å².